The van der Waals surface area contributed by atoms with Crippen LogP contribution in [0.2, 0.25) is 0 Å². The van der Waals surface area contributed by atoms with Gasteiger partial charge in [-0.2, -0.15) is 15.5 Å². The van der Waals surface area contributed by atoms with Crippen LogP contribution >= 0.6 is 0 Å². The van der Waals surface area contributed by atoms with Crippen LogP contribution in [0, 0.1) is 11.3 Å². The highest BCUT2D eigenvalue weighted by Crippen LogP contribution is 2.34. The van der Waals surface area contributed by atoms with Gasteiger partial charge in [-0.05, 0) is 42.7 Å². The highest BCUT2D eigenvalue weighted by molar-refractivity contribution is 5.88. The largest absolute Gasteiger partial charge is 0.381 e. The Labute approximate surface area is 214 Å². The molecule has 186 valence electrons. The molecular formula is C28H27N7O2. The van der Waals surface area contributed by atoms with Crippen LogP contribution in [0.25, 0.3) is 27.8 Å². The third kappa shape index (κ3) is 4.36. The summed E-state index contributed by atoms with van der Waals surface area (Å²) in [5.41, 5.74) is 6.35. The number of amides is 1. The molecule has 0 spiro atoms. The molecule has 0 atom stereocenters. The molecule has 37 heavy (non-hydrogen) atoms. The molecule has 0 unspecified atom stereocenters. The second kappa shape index (κ2) is 9.56. The van der Waals surface area contributed by atoms with E-state index in [0.717, 1.165) is 72.6 Å². The van der Waals surface area contributed by atoms with Gasteiger partial charge in [0, 0.05) is 61.1 Å². The van der Waals surface area contributed by atoms with Crippen LogP contribution in [0.3, 0.4) is 0 Å². The summed E-state index contributed by atoms with van der Waals surface area (Å²) >= 11 is 0. The summed E-state index contributed by atoms with van der Waals surface area (Å²) in [7, 11) is 0. The highest BCUT2D eigenvalue weighted by Gasteiger charge is 2.27. The summed E-state index contributed by atoms with van der Waals surface area (Å²) < 4.78 is 9.32. The number of pyridine rings is 1. The zero-order valence-electron chi connectivity index (χ0n) is 20.4. The van der Waals surface area contributed by atoms with Crippen LogP contribution in [-0.4, -0.2) is 57.6 Å². The van der Waals surface area contributed by atoms with Crippen LogP contribution in [-0.2, 0) is 9.53 Å². The predicted octanol–water partition coefficient (Wildman–Crippen LogP) is 3.58. The number of fused-ring (bicyclic) bond motifs is 1. The Kier molecular flexibility index (Phi) is 5.94. The van der Waals surface area contributed by atoms with Gasteiger partial charge >= 0.3 is 0 Å². The fourth-order valence-corrected chi connectivity index (χ4v) is 5.11. The van der Waals surface area contributed by atoms with E-state index >= 15 is 0 Å². The van der Waals surface area contributed by atoms with Crippen molar-refractivity contribution in [3.8, 4) is 28.3 Å². The Bertz CT molecular complexity index is 1500. The summed E-state index contributed by atoms with van der Waals surface area (Å²) in [6.45, 7) is 6.55. The van der Waals surface area contributed by atoms with Crippen molar-refractivity contribution < 1.29 is 9.53 Å². The lowest BCUT2D eigenvalue weighted by atomic mass is 9.99. The maximum absolute atomic E-state index is 11.5. The molecule has 0 radical (unpaired) electrons. The molecule has 0 bridgehead atoms. The highest BCUT2D eigenvalue weighted by atomic mass is 16.5. The Morgan fingerprint density at radius 3 is 2.59 bits per heavy atom. The zero-order valence-corrected chi connectivity index (χ0v) is 20.4. The minimum absolute atomic E-state index is 0.133. The van der Waals surface area contributed by atoms with Crippen LogP contribution in [0.4, 0.5) is 5.69 Å². The molecule has 0 saturated carbocycles. The first-order valence-corrected chi connectivity index (χ1v) is 12.4. The van der Waals surface area contributed by atoms with Crippen molar-refractivity contribution in [2.75, 3.05) is 31.2 Å². The summed E-state index contributed by atoms with van der Waals surface area (Å²) in [5.74, 6) is -0.142. The molecule has 1 aromatic carbocycles. The smallest absolute Gasteiger partial charge is 0.243 e. The monoisotopic (exact) mass is 493 g/mol. The number of hydrogen-bond acceptors (Lipinski definition) is 6. The van der Waals surface area contributed by atoms with Crippen molar-refractivity contribution >= 4 is 17.1 Å². The first-order valence-electron chi connectivity index (χ1n) is 12.4. The van der Waals surface area contributed by atoms with E-state index in [-0.39, 0.29) is 11.9 Å². The van der Waals surface area contributed by atoms with Crippen LogP contribution in [0.1, 0.15) is 24.4 Å². The number of nitrogens with zero attached hydrogens (tertiary/aromatic N) is 6. The fourth-order valence-electron chi connectivity index (χ4n) is 5.11. The van der Waals surface area contributed by atoms with Crippen molar-refractivity contribution in [2.24, 2.45) is 0 Å². The molecule has 5 heterocycles. The predicted molar refractivity (Wildman–Crippen MR) is 140 cm³/mol. The number of benzene rings is 1. The van der Waals surface area contributed by atoms with E-state index in [2.05, 4.69) is 69.6 Å². The first-order chi connectivity index (χ1) is 18.1. The van der Waals surface area contributed by atoms with Gasteiger partial charge in [0.25, 0.3) is 0 Å². The van der Waals surface area contributed by atoms with Crippen molar-refractivity contribution in [1.82, 2.24) is 24.7 Å². The molecular weight excluding hydrogens is 466 g/mol. The van der Waals surface area contributed by atoms with E-state index in [1.807, 2.05) is 17.1 Å². The standard InChI is InChI=1S/C28H27N7O2/c1-2-27(36)32-23-17-33(18-23)24-5-3-19(4-6-24)26-11-20(15-35-28(26)21(12-29)13-31-35)22-14-30-34(16-22)25-7-9-37-10-8-25/h2-6,11,13-16,23,25H,1,7-10,17-18H2,(H,32,36). The summed E-state index contributed by atoms with van der Waals surface area (Å²) in [6, 6.07) is 13.2. The molecule has 1 N–H and O–H groups in total. The van der Waals surface area contributed by atoms with Gasteiger partial charge in [-0.3, -0.25) is 9.48 Å². The average molecular weight is 494 g/mol. The van der Waals surface area contributed by atoms with E-state index < -0.39 is 0 Å². The maximum atomic E-state index is 11.5. The van der Waals surface area contributed by atoms with Gasteiger partial charge in [0.15, 0.2) is 0 Å². The molecule has 6 rings (SSSR count). The fraction of sp³-hybridized carbons (Fsp3) is 0.286. The van der Waals surface area contributed by atoms with Crippen molar-refractivity contribution in [3.05, 3.63) is 73.3 Å². The number of carbonyl (C=O) groups excluding carboxylic acids is 1. The number of anilines is 1. The third-order valence-corrected chi connectivity index (χ3v) is 7.19. The van der Waals surface area contributed by atoms with Crippen molar-refractivity contribution in [3.63, 3.8) is 0 Å². The topological polar surface area (TPSA) is 100 Å². The van der Waals surface area contributed by atoms with Gasteiger partial charge in [-0.25, -0.2) is 4.52 Å². The Balaban J connectivity index is 1.30. The van der Waals surface area contributed by atoms with Gasteiger partial charge in [-0.1, -0.05) is 18.7 Å². The van der Waals surface area contributed by atoms with Crippen LogP contribution in [0.15, 0.2) is 67.8 Å². The number of nitrogens with one attached hydrogen (secondary N) is 1. The second-order valence-electron chi connectivity index (χ2n) is 9.52. The molecule has 1 amide bonds. The Morgan fingerprint density at radius 2 is 1.86 bits per heavy atom. The summed E-state index contributed by atoms with van der Waals surface area (Å²) in [4.78, 5) is 13.7. The van der Waals surface area contributed by atoms with E-state index in [0.29, 0.717) is 11.6 Å². The number of nitriles is 1. The molecule has 3 aromatic heterocycles. The maximum Gasteiger partial charge on any atom is 0.243 e. The van der Waals surface area contributed by atoms with E-state index in [4.69, 9.17) is 4.74 Å². The molecule has 2 aliphatic rings. The van der Waals surface area contributed by atoms with E-state index in [1.165, 1.54) is 6.08 Å². The molecule has 2 fully saturated rings. The number of ether oxygens (including phenoxy) is 1. The van der Waals surface area contributed by atoms with Crippen LogP contribution < -0.4 is 10.2 Å². The third-order valence-electron chi connectivity index (χ3n) is 7.19. The average Bonchev–Trinajstić information content (AvgIpc) is 3.58. The van der Waals surface area contributed by atoms with E-state index in [9.17, 15) is 10.1 Å². The minimum atomic E-state index is -0.142. The first kappa shape index (κ1) is 23.0. The van der Waals surface area contributed by atoms with Crippen molar-refractivity contribution in [2.45, 2.75) is 24.9 Å². The minimum Gasteiger partial charge on any atom is -0.381 e. The van der Waals surface area contributed by atoms with Gasteiger partial charge in [0.2, 0.25) is 5.91 Å². The quantitative estimate of drug-likeness (QED) is 0.412. The number of hydrogen-bond donors (Lipinski definition) is 1. The Morgan fingerprint density at radius 1 is 1.08 bits per heavy atom. The SMILES string of the molecule is C=CC(=O)NC1CN(c2ccc(-c3cc(-c4cnn(C5CCOCC5)c4)cn4ncc(C#N)c34)cc2)C1. The lowest BCUT2D eigenvalue weighted by molar-refractivity contribution is -0.117. The molecule has 9 nitrogen and oxygen atoms in total. The molecule has 9 heteroatoms. The molecule has 4 aromatic rings. The molecule has 2 saturated heterocycles. The normalized spacial score (nSPS) is 16.4. The van der Waals surface area contributed by atoms with Gasteiger partial charge in [-0.15, -0.1) is 0 Å². The van der Waals surface area contributed by atoms with E-state index in [1.54, 1.807) is 10.7 Å². The summed E-state index contributed by atoms with van der Waals surface area (Å²) in [6.07, 6.45) is 10.8. The van der Waals surface area contributed by atoms with Gasteiger partial charge in [0.05, 0.1) is 35.6 Å². The lowest BCUT2D eigenvalue weighted by Gasteiger charge is -2.41. The lowest BCUT2D eigenvalue weighted by Crippen LogP contribution is -2.59. The molecule has 2 aliphatic heterocycles. The molecule has 0 aliphatic carbocycles. The van der Waals surface area contributed by atoms with Crippen molar-refractivity contribution in [1.29, 1.82) is 5.26 Å². The second-order valence-corrected chi connectivity index (χ2v) is 9.52. The van der Waals surface area contributed by atoms with Gasteiger partial charge < -0.3 is 15.0 Å². The zero-order chi connectivity index (χ0) is 25.4. The number of carbonyl (C=O) groups is 1. The van der Waals surface area contributed by atoms with Crippen LogP contribution in [0.5, 0.6) is 0 Å². The summed E-state index contributed by atoms with van der Waals surface area (Å²) in [5, 5.41) is 21.8. The Hall–Kier alpha value is -4.42. The number of aromatic nitrogens is 4. The number of rotatable bonds is 6. The van der Waals surface area contributed by atoms with Gasteiger partial charge in [0.1, 0.15) is 6.07 Å².